The van der Waals surface area contributed by atoms with Gasteiger partial charge >= 0.3 is 0 Å². The molecule has 0 atom stereocenters. The molecule has 14 heavy (non-hydrogen) atoms. The summed E-state index contributed by atoms with van der Waals surface area (Å²) in [4.78, 5) is 11.1. The van der Waals surface area contributed by atoms with Crippen LogP contribution in [-0.2, 0) is 4.79 Å². The fourth-order valence-corrected chi connectivity index (χ4v) is 0.932. The normalized spacial score (nSPS) is 8.93. The van der Waals surface area contributed by atoms with Gasteiger partial charge in [-0.3, -0.25) is 4.79 Å². The van der Waals surface area contributed by atoms with Crippen molar-refractivity contribution in [3.05, 3.63) is 24.3 Å². The number of amides is 1. The molecule has 1 amide bonds. The summed E-state index contributed by atoms with van der Waals surface area (Å²) >= 11 is 0. The van der Waals surface area contributed by atoms with Crippen molar-refractivity contribution in [2.24, 2.45) is 0 Å². The summed E-state index contributed by atoms with van der Waals surface area (Å²) in [5, 5.41) is 5.48. The van der Waals surface area contributed by atoms with Gasteiger partial charge in [0.25, 0.3) is 0 Å². The van der Waals surface area contributed by atoms with E-state index in [-0.39, 0.29) is 18.3 Å². The Morgan fingerprint density at radius 1 is 1.36 bits per heavy atom. The van der Waals surface area contributed by atoms with Gasteiger partial charge in [-0.25, -0.2) is 0 Å². The van der Waals surface area contributed by atoms with Gasteiger partial charge in [0.1, 0.15) is 0 Å². The largest absolute Gasteiger partial charge is 0.399 e. The van der Waals surface area contributed by atoms with Crippen LogP contribution in [0.2, 0.25) is 0 Å². The van der Waals surface area contributed by atoms with Crippen LogP contribution in [0.15, 0.2) is 24.3 Å². The third-order valence-electron chi connectivity index (χ3n) is 1.53. The Balaban J connectivity index is 0.00000169. The average molecular weight is 216 g/mol. The van der Waals surface area contributed by atoms with Crippen molar-refractivity contribution in [1.82, 2.24) is 5.32 Å². The molecule has 0 aliphatic rings. The molecular formula is C9H14ClN3O. The number of carbonyl (C=O) groups excluding carboxylic acids is 1. The van der Waals surface area contributed by atoms with E-state index in [4.69, 9.17) is 5.73 Å². The first-order chi connectivity index (χ1) is 6.22. The van der Waals surface area contributed by atoms with E-state index in [2.05, 4.69) is 10.6 Å². The second kappa shape index (κ2) is 6.23. The highest BCUT2D eigenvalue weighted by molar-refractivity contribution is 5.92. The molecule has 0 radical (unpaired) electrons. The highest BCUT2D eigenvalue weighted by Crippen LogP contribution is 2.09. The SMILES string of the molecule is CNCC(=O)Nc1ccc(N)cc1.Cl. The molecule has 0 fully saturated rings. The molecule has 78 valence electrons. The van der Waals surface area contributed by atoms with Gasteiger partial charge in [0.15, 0.2) is 0 Å². The number of rotatable bonds is 3. The van der Waals surface area contributed by atoms with Crippen molar-refractivity contribution >= 4 is 29.7 Å². The van der Waals surface area contributed by atoms with Crippen LogP contribution in [0.1, 0.15) is 0 Å². The molecule has 0 aromatic heterocycles. The van der Waals surface area contributed by atoms with Crippen LogP contribution in [0.4, 0.5) is 11.4 Å². The van der Waals surface area contributed by atoms with Gasteiger partial charge in [-0.2, -0.15) is 0 Å². The highest BCUT2D eigenvalue weighted by atomic mass is 35.5. The van der Waals surface area contributed by atoms with Gasteiger partial charge < -0.3 is 16.4 Å². The van der Waals surface area contributed by atoms with Crippen LogP contribution < -0.4 is 16.4 Å². The maximum Gasteiger partial charge on any atom is 0.238 e. The van der Waals surface area contributed by atoms with Crippen LogP contribution >= 0.6 is 12.4 Å². The van der Waals surface area contributed by atoms with E-state index in [0.717, 1.165) is 5.69 Å². The molecule has 1 aromatic carbocycles. The van der Waals surface area contributed by atoms with Crippen molar-refractivity contribution in [2.45, 2.75) is 0 Å². The van der Waals surface area contributed by atoms with Crippen LogP contribution in [0.3, 0.4) is 0 Å². The van der Waals surface area contributed by atoms with E-state index in [1.807, 2.05) is 0 Å². The summed E-state index contributed by atoms with van der Waals surface area (Å²) in [5.41, 5.74) is 6.94. The van der Waals surface area contributed by atoms with Crippen LogP contribution in [0.5, 0.6) is 0 Å². The molecule has 0 saturated heterocycles. The average Bonchev–Trinajstić information content (AvgIpc) is 2.09. The van der Waals surface area contributed by atoms with Crippen LogP contribution in [-0.4, -0.2) is 19.5 Å². The van der Waals surface area contributed by atoms with E-state index in [1.54, 1.807) is 31.3 Å². The molecule has 1 rings (SSSR count). The molecule has 0 aliphatic carbocycles. The lowest BCUT2D eigenvalue weighted by molar-refractivity contribution is -0.115. The van der Waals surface area contributed by atoms with Gasteiger partial charge in [0.2, 0.25) is 5.91 Å². The predicted octanol–water partition coefficient (Wildman–Crippen LogP) is 0.848. The molecule has 0 aliphatic heterocycles. The van der Waals surface area contributed by atoms with E-state index in [9.17, 15) is 4.79 Å². The molecule has 5 heteroatoms. The number of carbonyl (C=O) groups is 1. The smallest absolute Gasteiger partial charge is 0.238 e. The third-order valence-corrected chi connectivity index (χ3v) is 1.53. The van der Waals surface area contributed by atoms with Crippen molar-refractivity contribution in [1.29, 1.82) is 0 Å². The fraction of sp³-hybridized carbons (Fsp3) is 0.222. The number of likely N-dealkylation sites (N-methyl/N-ethyl adjacent to an activating group) is 1. The second-order valence-corrected chi connectivity index (χ2v) is 2.70. The zero-order chi connectivity index (χ0) is 9.68. The number of anilines is 2. The zero-order valence-corrected chi connectivity index (χ0v) is 8.73. The quantitative estimate of drug-likeness (QED) is 0.655. The van der Waals surface area contributed by atoms with E-state index >= 15 is 0 Å². The van der Waals surface area contributed by atoms with Gasteiger partial charge in [-0.15, -0.1) is 12.4 Å². The summed E-state index contributed by atoms with van der Waals surface area (Å²) in [6, 6.07) is 7.02. The Morgan fingerprint density at radius 3 is 2.43 bits per heavy atom. The van der Waals surface area contributed by atoms with Gasteiger partial charge in [-0.05, 0) is 31.3 Å². The zero-order valence-electron chi connectivity index (χ0n) is 7.91. The monoisotopic (exact) mass is 215 g/mol. The number of halogens is 1. The lowest BCUT2D eigenvalue weighted by Gasteiger charge is -2.04. The molecule has 4 nitrogen and oxygen atoms in total. The van der Waals surface area contributed by atoms with Crippen molar-refractivity contribution < 1.29 is 4.79 Å². The van der Waals surface area contributed by atoms with E-state index < -0.39 is 0 Å². The van der Waals surface area contributed by atoms with Crippen molar-refractivity contribution in [3.63, 3.8) is 0 Å². The molecule has 4 N–H and O–H groups in total. The molecule has 0 spiro atoms. The second-order valence-electron chi connectivity index (χ2n) is 2.70. The minimum atomic E-state index is -0.0627. The third kappa shape index (κ3) is 4.11. The first kappa shape index (κ1) is 12.7. The maximum absolute atomic E-state index is 11.1. The van der Waals surface area contributed by atoms with Crippen molar-refractivity contribution in [3.8, 4) is 0 Å². The number of nitrogens with one attached hydrogen (secondary N) is 2. The minimum Gasteiger partial charge on any atom is -0.399 e. The van der Waals surface area contributed by atoms with Gasteiger partial charge in [-0.1, -0.05) is 0 Å². The fourth-order valence-electron chi connectivity index (χ4n) is 0.932. The Morgan fingerprint density at radius 2 is 1.93 bits per heavy atom. The summed E-state index contributed by atoms with van der Waals surface area (Å²) in [6.07, 6.45) is 0. The number of hydrogen-bond donors (Lipinski definition) is 3. The van der Waals surface area contributed by atoms with Gasteiger partial charge in [0.05, 0.1) is 6.54 Å². The molecule has 0 heterocycles. The first-order valence-corrected chi connectivity index (χ1v) is 4.02. The van der Waals surface area contributed by atoms with Crippen LogP contribution in [0.25, 0.3) is 0 Å². The highest BCUT2D eigenvalue weighted by Gasteiger charge is 1.98. The van der Waals surface area contributed by atoms with Crippen molar-refractivity contribution in [2.75, 3.05) is 24.6 Å². The maximum atomic E-state index is 11.1. The number of nitrogen functional groups attached to an aromatic ring is 1. The summed E-state index contributed by atoms with van der Waals surface area (Å²) in [6.45, 7) is 0.310. The Bertz CT molecular complexity index is 287. The molecule has 0 bridgehead atoms. The summed E-state index contributed by atoms with van der Waals surface area (Å²) < 4.78 is 0. The number of hydrogen-bond acceptors (Lipinski definition) is 3. The topological polar surface area (TPSA) is 67.2 Å². The van der Waals surface area contributed by atoms with Crippen LogP contribution in [0, 0.1) is 0 Å². The van der Waals surface area contributed by atoms with E-state index in [0.29, 0.717) is 12.2 Å². The summed E-state index contributed by atoms with van der Waals surface area (Å²) in [7, 11) is 1.72. The minimum absolute atomic E-state index is 0. The van der Waals surface area contributed by atoms with Gasteiger partial charge in [0, 0.05) is 11.4 Å². The Hall–Kier alpha value is -1.26. The molecule has 0 saturated carbocycles. The Kier molecular flexibility index (Phi) is 5.67. The number of benzene rings is 1. The lowest BCUT2D eigenvalue weighted by atomic mass is 10.3. The molecule has 0 unspecified atom stereocenters. The standard InChI is InChI=1S/C9H13N3O.ClH/c1-11-6-9(13)12-8-4-2-7(10)3-5-8;/h2-5,11H,6,10H2,1H3,(H,12,13);1H. The molecule has 1 aromatic rings. The first-order valence-electron chi connectivity index (χ1n) is 4.02. The predicted molar refractivity (Wildman–Crippen MR) is 60.7 cm³/mol. The molecular weight excluding hydrogens is 202 g/mol. The number of nitrogens with two attached hydrogens (primary N) is 1. The van der Waals surface area contributed by atoms with E-state index in [1.165, 1.54) is 0 Å². The lowest BCUT2D eigenvalue weighted by Crippen LogP contribution is -2.24. The Labute approximate surface area is 89.3 Å². The summed E-state index contributed by atoms with van der Waals surface area (Å²) in [5.74, 6) is -0.0627.